The summed E-state index contributed by atoms with van der Waals surface area (Å²) in [6.45, 7) is -0.843. The van der Waals surface area contributed by atoms with Crippen LogP contribution in [0.25, 0.3) is 0 Å². The number of aliphatic hydroxyl groups excluding tert-OH is 2. The summed E-state index contributed by atoms with van der Waals surface area (Å²) in [5.41, 5.74) is 9.61. The number of carbonyl (C=O) groups is 4. The molecule has 0 radical (unpaired) electrons. The number of ether oxygens (including phenoxy) is 2. The zero-order valence-electron chi connectivity index (χ0n) is 16.8. The highest BCUT2D eigenvalue weighted by Gasteiger charge is 2.40. The molecule has 1 amide bonds. The second-order valence-electron chi connectivity index (χ2n) is 6.72. The summed E-state index contributed by atoms with van der Waals surface area (Å²) in [5, 5.41) is 39.5. The van der Waals surface area contributed by atoms with E-state index in [1.807, 2.05) is 0 Å². The highest BCUT2D eigenvalue weighted by molar-refractivity contribution is 5.93. The van der Waals surface area contributed by atoms with Crippen LogP contribution in [0.3, 0.4) is 0 Å². The summed E-state index contributed by atoms with van der Waals surface area (Å²) in [4.78, 5) is 61.0. The second-order valence-corrected chi connectivity index (χ2v) is 6.72. The first kappa shape index (κ1) is 25.4. The third kappa shape index (κ3) is 6.32. The van der Waals surface area contributed by atoms with E-state index in [0.29, 0.717) is 0 Å². The van der Waals surface area contributed by atoms with Crippen LogP contribution in [0.15, 0.2) is 28.6 Å². The molecule has 1 aliphatic heterocycles. The van der Waals surface area contributed by atoms with Crippen LogP contribution in [-0.4, -0.2) is 78.6 Å². The zero-order valence-corrected chi connectivity index (χ0v) is 16.8. The van der Waals surface area contributed by atoms with Crippen LogP contribution in [0.1, 0.15) is 19.1 Å². The van der Waals surface area contributed by atoms with Gasteiger partial charge in [-0.3, -0.25) is 19.0 Å². The number of aliphatic hydroxyl groups is 2. The van der Waals surface area contributed by atoms with Crippen molar-refractivity contribution in [1.29, 1.82) is 0 Å². The monoisotopic (exact) mass is 471 g/mol. The number of hydrogen-bond acceptors (Lipinski definition) is 12. The Hall–Kier alpha value is -3.86. The fourth-order valence-corrected chi connectivity index (χ4v) is 2.62. The van der Waals surface area contributed by atoms with E-state index in [1.54, 1.807) is 0 Å². The van der Waals surface area contributed by atoms with E-state index >= 15 is 0 Å². The van der Waals surface area contributed by atoms with E-state index in [-0.39, 0.29) is 5.82 Å². The van der Waals surface area contributed by atoms with Crippen molar-refractivity contribution >= 4 is 29.6 Å². The molecule has 0 fully saturated rings. The molecule has 0 aromatic carbocycles. The third-order valence-corrected chi connectivity index (χ3v) is 4.22. The summed E-state index contributed by atoms with van der Waals surface area (Å²) in [6, 6.07) is -1.89. The van der Waals surface area contributed by atoms with Gasteiger partial charge in [-0.15, -0.1) is 0 Å². The Labute approximate surface area is 184 Å². The summed E-state index contributed by atoms with van der Waals surface area (Å²) in [7, 11) is 0. The fourth-order valence-electron chi connectivity index (χ4n) is 2.62. The van der Waals surface area contributed by atoms with Gasteiger partial charge in [-0.05, 0) is 6.07 Å². The number of anilines is 1. The maximum Gasteiger partial charge on any atom is 0.352 e. The molecule has 0 saturated heterocycles. The predicted molar refractivity (Wildman–Crippen MR) is 104 cm³/mol. The molecule has 180 valence electrons. The molecule has 1 aromatic rings. The van der Waals surface area contributed by atoms with Gasteiger partial charge in [-0.2, -0.15) is 4.98 Å². The lowest BCUT2D eigenvalue weighted by molar-refractivity contribution is -0.147. The van der Waals surface area contributed by atoms with Gasteiger partial charge in [0.05, 0.1) is 12.8 Å². The van der Waals surface area contributed by atoms with E-state index in [4.69, 9.17) is 31.2 Å². The van der Waals surface area contributed by atoms with Crippen LogP contribution in [0.4, 0.5) is 5.82 Å². The molecule has 33 heavy (non-hydrogen) atoms. The van der Waals surface area contributed by atoms with E-state index in [9.17, 15) is 34.2 Å². The normalized spacial score (nSPS) is 19.4. The number of aliphatic carboxylic acids is 2. The van der Waals surface area contributed by atoms with Gasteiger partial charge in [0.25, 0.3) is 0 Å². The quantitative estimate of drug-likeness (QED) is 0.163. The number of carbonyl (C=O) groups excluding carboxylic acids is 2. The van der Waals surface area contributed by atoms with Crippen molar-refractivity contribution in [2.75, 3.05) is 11.9 Å². The number of nitrogens with two attached hydrogens (primary N) is 2. The molecule has 4 atom stereocenters. The molecule has 9 N–H and O–H groups in total. The van der Waals surface area contributed by atoms with Gasteiger partial charge in [0.1, 0.15) is 24.5 Å². The molecule has 1 aliphatic rings. The lowest BCUT2D eigenvalue weighted by Crippen LogP contribution is -2.37. The van der Waals surface area contributed by atoms with Crippen molar-refractivity contribution in [1.82, 2.24) is 9.55 Å². The maximum atomic E-state index is 12.4. The van der Waals surface area contributed by atoms with E-state index in [1.165, 1.54) is 0 Å². The average molecular weight is 471 g/mol. The van der Waals surface area contributed by atoms with Crippen LogP contribution < -0.4 is 22.5 Å². The largest absolute Gasteiger partial charge is 0.481 e. The molecular formula is C17H21N5O11. The number of carboxylic acids is 2. The Kier molecular flexibility index (Phi) is 8.19. The molecule has 2 heterocycles. The smallest absolute Gasteiger partial charge is 0.352 e. The van der Waals surface area contributed by atoms with Crippen LogP contribution in [0.5, 0.6) is 0 Å². The number of hydrogen-bond donors (Lipinski definition) is 7. The van der Waals surface area contributed by atoms with E-state index in [2.05, 4.69) is 10.3 Å². The Morgan fingerprint density at radius 3 is 2.42 bits per heavy atom. The van der Waals surface area contributed by atoms with Crippen molar-refractivity contribution in [2.45, 2.75) is 37.3 Å². The van der Waals surface area contributed by atoms with Crippen LogP contribution in [-0.2, 0) is 28.7 Å². The molecule has 0 aliphatic carbocycles. The molecule has 16 nitrogen and oxygen atoms in total. The number of esters is 1. The number of carboxylic acid groups (broad SMARTS) is 2. The molecule has 0 spiro atoms. The summed E-state index contributed by atoms with van der Waals surface area (Å²) < 4.78 is 10.9. The van der Waals surface area contributed by atoms with Gasteiger partial charge in [-0.1, -0.05) is 0 Å². The van der Waals surface area contributed by atoms with Crippen molar-refractivity contribution in [3.05, 3.63) is 34.3 Å². The topological polar surface area (TPSA) is 267 Å². The molecule has 2 rings (SSSR count). The lowest BCUT2D eigenvalue weighted by Gasteiger charge is -2.19. The predicted octanol–water partition coefficient (Wildman–Crippen LogP) is -3.58. The maximum absolute atomic E-state index is 12.4. The van der Waals surface area contributed by atoms with Gasteiger partial charge < -0.3 is 46.7 Å². The minimum absolute atomic E-state index is 0.243. The highest BCUT2D eigenvalue weighted by Crippen LogP contribution is 2.32. The summed E-state index contributed by atoms with van der Waals surface area (Å²) in [5.74, 6) is -6.02. The highest BCUT2D eigenvalue weighted by atomic mass is 16.6. The van der Waals surface area contributed by atoms with Gasteiger partial charge in [0, 0.05) is 6.20 Å². The number of nitrogens with one attached hydrogen (secondary N) is 1. The Morgan fingerprint density at radius 1 is 1.21 bits per heavy atom. The van der Waals surface area contributed by atoms with Crippen LogP contribution in [0, 0.1) is 0 Å². The summed E-state index contributed by atoms with van der Waals surface area (Å²) in [6.07, 6.45) is -3.59. The second kappa shape index (κ2) is 10.6. The molecule has 1 unspecified atom stereocenters. The lowest BCUT2D eigenvalue weighted by atomic mass is 10.2. The van der Waals surface area contributed by atoms with Gasteiger partial charge in [0.15, 0.2) is 17.6 Å². The number of amides is 1. The van der Waals surface area contributed by atoms with Gasteiger partial charge in [0.2, 0.25) is 12.1 Å². The van der Waals surface area contributed by atoms with E-state index in [0.717, 1.165) is 16.8 Å². The fraction of sp³-hybridized carbons (Fsp3) is 0.412. The molecule has 0 bridgehead atoms. The molecule has 1 aromatic heterocycles. The first-order valence-corrected chi connectivity index (χ1v) is 9.19. The standard InChI is InChI=1S/C17H21N5O11/c18-6(15(28)29)3-10(24)20-9-1-2-22(17(31)21-9)14-12(27)13(8(5-23)32-14)33-16(30)7(19)4-11(25)26/h1-2,6-7,12,14,23,27H,3-5,18-19H2,(H,25,26)(H,28,29)(H,20,21,24,31)/t6-,7-,12?,14+/m0/s1. The van der Waals surface area contributed by atoms with Crippen molar-refractivity contribution in [2.24, 2.45) is 11.5 Å². The molecule has 16 heteroatoms. The minimum atomic E-state index is -1.79. The first-order valence-electron chi connectivity index (χ1n) is 9.19. The first-order chi connectivity index (χ1) is 15.4. The van der Waals surface area contributed by atoms with Crippen molar-refractivity contribution < 1.29 is 49.1 Å². The molecular weight excluding hydrogens is 450 g/mol. The number of aromatic nitrogens is 2. The van der Waals surface area contributed by atoms with Gasteiger partial charge in [-0.25, -0.2) is 9.59 Å². The van der Waals surface area contributed by atoms with Crippen LogP contribution >= 0.6 is 0 Å². The molecule has 0 saturated carbocycles. The Balaban J connectivity index is 2.14. The average Bonchev–Trinajstić information content (AvgIpc) is 3.02. The minimum Gasteiger partial charge on any atom is -0.481 e. The number of nitrogens with zero attached hydrogens (tertiary/aromatic N) is 2. The van der Waals surface area contributed by atoms with Crippen molar-refractivity contribution in [3.63, 3.8) is 0 Å². The van der Waals surface area contributed by atoms with Crippen molar-refractivity contribution in [3.8, 4) is 0 Å². The Bertz CT molecular complexity index is 1040. The zero-order chi connectivity index (χ0) is 24.9. The SMILES string of the molecule is N[C@@H](CC(=O)Nc1ccn([C@@H]2OC(CO)=C(OC(=O)[C@@H](N)CC(=O)O)C2O)c(=O)n1)C(=O)O. The number of rotatable bonds is 10. The van der Waals surface area contributed by atoms with E-state index < -0.39 is 84.9 Å². The van der Waals surface area contributed by atoms with Crippen LogP contribution in [0.2, 0.25) is 0 Å². The third-order valence-electron chi connectivity index (χ3n) is 4.22. The van der Waals surface area contributed by atoms with Gasteiger partial charge >= 0.3 is 23.6 Å². The summed E-state index contributed by atoms with van der Waals surface area (Å²) >= 11 is 0. The Morgan fingerprint density at radius 2 is 1.88 bits per heavy atom.